The summed E-state index contributed by atoms with van der Waals surface area (Å²) in [6.07, 6.45) is 4.18. The molecule has 9 heteroatoms. The van der Waals surface area contributed by atoms with Gasteiger partial charge in [0.15, 0.2) is 11.5 Å². The molecule has 4 N–H and O–H groups in total. The average molecular weight is 415 g/mol. The fourth-order valence-electron chi connectivity index (χ4n) is 3.38. The molecule has 31 heavy (non-hydrogen) atoms. The lowest BCUT2D eigenvalue weighted by molar-refractivity contribution is -0.120. The van der Waals surface area contributed by atoms with Crippen LogP contribution >= 0.6 is 0 Å². The minimum absolute atomic E-state index is 0.160. The van der Waals surface area contributed by atoms with Crippen molar-refractivity contribution in [3.8, 4) is 23.2 Å². The smallest absolute Gasteiger partial charge is 0.223 e. The van der Waals surface area contributed by atoms with Gasteiger partial charge in [-0.3, -0.25) is 4.79 Å². The second kappa shape index (κ2) is 8.67. The molecule has 0 aliphatic carbocycles. The van der Waals surface area contributed by atoms with Crippen LogP contribution in [0, 0.1) is 11.3 Å². The van der Waals surface area contributed by atoms with Crippen LogP contribution < -0.4 is 11.1 Å². The molecule has 156 valence electrons. The molecule has 1 amide bonds. The number of nitrogens with two attached hydrogens (primary N) is 1. The largest absolute Gasteiger partial charge is 0.508 e. The number of aromatic nitrogens is 4. The molecule has 0 unspecified atom stereocenters. The first-order valence-corrected chi connectivity index (χ1v) is 9.98. The van der Waals surface area contributed by atoms with E-state index in [-0.39, 0.29) is 17.6 Å². The second-order valence-corrected chi connectivity index (χ2v) is 7.16. The second-order valence-electron chi connectivity index (χ2n) is 7.16. The van der Waals surface area contributed by atoms with Crippen LogP contribution in [0.4, 0.5) is 5.95 Å². The Morgan fingerprint density at radius 2 is 1.90 bits per heavy atom. The lowest BCUT2D eigenvalue weighted by Gasteiger charge is -2.02. The lowest BCUT2D eigenvalue weighted by Crippen LogP contribution is -2.21. The maximum absolute atomic E-state index is 10.6. The highest BCUT2D eigenvalue weighted by molar-refractivity contribution is 5.95. The summed E-state index contributed by atoms with van der Waals surface area (Å²) in [7, 11) is 0. The fraction of sp³-hybridized carbons (Fsp3) is 0.227. The molecular weight excluding hydrogens is 394 g/mol. The van der Waals surface area contributed by atoms with Gasteiger partial charge in [-0.15, -0.1) is 5.10 Å². The fourth-order valence-corrected chi connectivity index (χ4v) is 3.38. The van der Waals surface area contributed by atoms with Gasteiger partial charge in [0, 0.05) is 23.9 Å². The first-order valence-electron chi connectivity index (χ1n) is 9.98. The van der Waals surface area contributed by atoms with Crippen LogP contribution in [0.5, 0.6) is 5.75 Å². The van der Waals surface area contributed by atoms with E-state index in [0.717, 1.165) is 31.4 Å². The van der Waals surface area contributed by atoms with Gasteiger partial charge in [-0.05, 0) is 49.2 Å². The molecule has 3 heterocycles. The zero-order chi connectivity index (χ0) is 21.8. The number of nitrogen functional groups attached to an aromatic ring is 1. The molecule has 2 aromatic carbocycles. The number of aromatic hydroxyl groups is 1. The molecular formula is C22H21N7O2. The molecule has 1 aliphatic rings. The number of anilines is 1. The van der Waals surface area contributed by atoms with Crippen molar-refractivity contribution in [1.29, 1.82) is 5.26 Å². The van der Waals surface area contributed by atoms with Crippen molar-refractivity contribution in [2.75, 3.05) is 12.3 Å². The third kappa shape index (κ3) is 4.23. The van der Waals surface area contributed by atoms with Gasteiger partial charge in [-0.25, -0.2) is 9.97 Å². The number of carbonyl (C=O) groups excluding carboxylic acids is 1. The van der Waals surface area contributed by atoms with Gasteiger partial charge < -0.3 is 16.2 Å². The summed E-state index contributed by atoms with van der Waals surface area (Å²) >= 11 is 0. The molecule has 0 saturated carbocycles. The van der Waals surface area contributed by atoms with Gasteiger partial charge in [0.1, 0.15) is 11.8 Å². The molecule has 2 aromatic heterocycles. The molecule has 0 atom stereocenters. The molecule has 1 fully saturated rings. The van der Waals surface area contributed by atoms with Crippen molar-refractivity contribution in [2.45, 2.75) is 25.7 Å². The van der Waals surface area contributed by atoms with Crippen molar-refractivity contribution in [3.05, 3.63) is 48.0 Å². The summed E-state index contributed by atoms with van der Waals surface area (Å²) in [6, 6.07) is 14.0. The van der Waals surface area contributed by atoms with Crippen molar-refractivity contribution in [3.63, 3.8) is 0 Å². The normalized spacial score (nSPS) is 13.7. The van der Waals surface area contributed by atoms with Gasteiger partial charge >= 0.3 is 0 Å². The van der Waals surface area contributed by atoms with Crippen molar-refractivity contribution < 1.29 is 9.90 Å². The predicted octanol–water partition coefficient (Wildman–Crippen LogP) is 2.78. The van der Waals surface area contributed by atoms with Gasteiger partial charge in [0.05, 0.1) is 11.1 Å². The maximum Gasteiger partial charge on any atom is 0.223 e. The number of amides is 1. The molecule has 9 nitrogen and oxygen atoms in total. The Labute approximate surface area is 178 Å². The van der Waals surface area contributed by atoms with Crippen LogP contribution in [-0.2, 0) is 4.79 Å². The number of benzene rings is 2. The summed E-state index contributed by atoms with van der Waals surface area (Å²) in [6.45, 7) is 0.888. The molecule has 0 spiro atoms. The predicted molar refractivity (Wildman–Crippen MR) is 116 cm³/mol. The number of hydrogen-bond donors (Lipinski definition) is 3. The molecule has 0 bridgehead atoms. The Kier molecular flexibility index (Phi) is 5.62. The average Bonchev–Trinajstić information content (AvgIpc) is 3.10. The number of carbonyl (C=O) groups is 1. The summed E-state index contributed by atoms with van der Waals surface area (Å²) in [5, 5.41) is 26.5. The van der Waals surface area contributed by atoms with Crippen LogP contribution in [0.3, 0.4) is 0 Å². The van der Waals surface area contributed by atoms with E-state index < -0.39 is 0 Å². The number of phenols is 1. The number of hydrogen-bond acceptors (Lipinski definition) is 7. The maximum atomic E-state index is 10.6. The van der Waals surface area contributed by atoms with E-state index in [0.29, 0.717) is 27.9 Å². The Balaban J connectivity index is 0.000000245. The van der Waals surface area contributed by atoms with Crippen LogP contribution in [0.25, 0.3) is 27.9 Å². The van der Waals surface area contributed by atoms with Gasteiger partial charge in [-0.2, -0.15) is 9.78 Å². The Morgan fingerprint density at radius 3 is 2.68 bits per heavy atom. The van der Waals surface area contributed by atoms with Gasteiger partial charge in [0.25, 0.3) is 0 Å². The number of nitrogens with one attached hydrogen (secondary N) is 1. The van der Waals surface area contributed by atoms with Gasteiger partial charge in [0.2, 0.25) is 11.9 Å². The zero-order valence-corrected chi connectivity index (χ0v) is 16.7. The summed E-state index contributed by atoms with van der Waals surface area (Å²) < 4.78 is 1.45. The van der Waals surface area contributed by atoms with E-state index in [1.54, 1.807) is 36.4 Å². The minimum Gasteiger partial charge on any atom is -0.508 e. The number of nitriles is 1. The first-order chi connectivity index (χ1) is 15.1. The Morgan fingerprint density at radius 1 is 1.10 bits per heavy atom. The quantitative estimate of drug-likeness (QED) is 0.434. The highest BCUT2D eigenvalue weighted by Crippen LogP contribution is 2.25. The molecule has 5 rings (SSSR count). The third-order valence-corrected chi connectivity index (χ3v) is 4.98. The highest BCUT2D eigenvalue weighted by Gasteiger charge is 2.14. The summed E-state index contributed by atoms with van der Waals surface area (Å²) in [5.74, 6) is 1.02. The zero-order valence-electron chi connectivity index (χ0n) is 16.7. The van der Waals surface area contributed by atoms with Gasteiger partial charge in [-0.1, -0.05) is 12.5 Å². The Bertz CT molecular complexity index is 1280. The van der Waals surface area contributed by atoms with Crippen LogP contribution in [0.15, 0.2) is 42.5 Å². The monoisotopic (exact) mass is 415 g/mol. The third-order valence-electron chi connectivity index (χ3n) is 4.98. The molecule has 0 radical (unpaired) electrons. The highest BCUT2D eigenvalue weighted by atomic mass is 16.3. The number of para-hydroxylation sites is 1. The van der Waals surface area contributed by atoms with Crippen LogP contribution in [0.1, 0.15) is 31.2 Å². The number of nitrogens with zero attached hydrogens (tertiary/aromatic N) is 5. The van der Waals surface area contributed by atoms with E-state index in [1.165, 1.54) is 10.9 Å². The van der Waals surface area contributed by atoms with Crippen molar-refractivity contribution >= 4 is 28.4 Å². The molecule has 1 saturated heterocycles. The number of rotatable bonds is 1. The van der Waals surface area contributed by atoms with E-state index >= 15 is 0 Å². The summed E-state index contributed by atoms with van der Waals surface area (Å²) in [5.41, 5.74) is 8.18. The topological polar surface area (TPSA) is 142 Å². The van der Waals surface area contributed by atoms with E-state index in [1.807, 2.05) is 6.07 Å². The van der Waals surface area contributed by atoms with Crippen molar-refractivity contribution in [2.24, 2.45) is 0 Å². The van der Waals surface area contributed by atoms with Crippen molar-refractivity contribution in [1.82, 2.24) is 24.9 Å². The lowest BCUT2D eigenvalue weighted by atomic mass is 10.1. The Hall–Kier alpha value is -4.19. The molecule has 4 aromatic rings. The first kappa shape index (κ1) is 20.1. The molecule has 1 aliphatic heterocycles. The minimum atomic E-state index is 0.160. The SMILES string of the molecule is N#Cc1cccc2c1nc(N)n1nc(-c3ccc(O)cc3)nc21.O=C1CCCCCN1. The van der Waals surface area contributed by atoms with E-state index in [9.17, 15) is 15.2 Å². The summed E-state index contributed by atoms with van der Waals surface area (Å²) in [4.78, 5) is 19.4. The number of fused-ring (bicyclic) bond motifs is 3. The van der Waals surface area contributed by atoms with Crippen LogP contribution in [-0.4, -0.2) is 37.1 Å². The van der Waals surface area contributed by atoms with E-state index in [2.05, 4.69) is 26.5 Å². The van der Waals surface area contributed by atoms with Crippen LogP contribution in [0.2, 0.25) is 0 Å². The number of phenolic OH excluding ortho intramolecular Hbond substituents is 1. The standard InChI is InChI=1S/C16H10N6O.C6H11NO/c17-8-10-2-1-3-12-13(10)19-16(18)22-15(12)20-14(21-22)9-4-6-11(23)7-5-9;8-6-4-2-1-3-5-7-6/h1-7,23H,(H2,18,19);1-5H2,(H,7,8). The van der Waals surface area contributed by atoms with E-state index in [4.69, 9.17) is 5.73 Å².